The second-order valence-corrected chi connectivity index (χ2v) is 5.53. The Balaban J connectivity index is 2.20. The van der Waals surface area contributed by atoms with E-state index in [0.717, 1.165) is 18.8 Å². The van der Waals surface area contributed by atoms with E-state index in [1.54, 1.807) is 0 Å². The zero-order chi connectivity index (χ0) is 9.69. The van der Waals surface area contributed by atoms with Crippen LogP contribution in [0.25, 0.3) is 0 Å². The minimum atomic E-state index is -0.0178. The third-order valence-electron chi connectivity index (χ3n) is 4.05. The molecule has 0 unspecified atom stereocenters. The maximum atomic E-state index is 5.71. The second kappa shape index (κ2) is 2.74. The normalized spacial score (nSPS) is 48.3. The lowest BCUT2D eigenvalue weighted by molar-refractivity contribution is -0.0573. The zero-order valence-corrected chi connectivity index (χ0v) is 9.09. The summed E-state index contributed by atoms with van der Waals surface area (Å²) < 4.78 is 11.3. The highest BCUT2D eigenvalue weighted by molar-refractivity contribution is 6.19. The first kappa shape index (κ1) is 9.54. The molecule has 1 aliphatic heterocycles. The molecule has 74 valence electrons. The first-order chi connectivity index (χ1) is 5.94. The van der Waals surface area contributed by atoms with Gasteiger partial charge in [0.25, 0.3) is 0 Å². The molecule has 2 fully saturated rings. The van der Waals surface area contributed by atoms with Crippen LogP contribution in [0, 0.1) is 11.3 Å². The third-order valence-corrected chi connectivity index (χ3v) is 4.05. The van der Waals surface area contributed by atoms with Gasteiger partial charge in [0, 0.05) is 0 Å². The Hall–Kier alpha value is -0.0151. The number of fused-ring (bicyclic) bond motifs is 1. The number of hydrogen-bond acceptors (Lipinski definition) is 2. The lowest BCUT2D eigenvalue weighted by atomic mass is 9.63. The molecule has 0 amide bonds. The molecule has 13 heavy (non-hydrogen) atoms. The van der Waals surface area contributed by atoms with Gasteiger partial charge in [-0.25, -0.2) is 0 Å². The molecule has 0 aromatic carbocycles. The van der Waals surface area contributed by atoms with Crippen LogP contribution in [0.3, 0.4) is 0 Å². The Morgan fingerprint density at radius 3 is 2.69 bits per heavy atom. The maximum Gasteiger partial charge on any atom is 0.438 e. The quantitative estimate of drug-likeness (QED) is 0.532. The molecule has 0 aromatic rings. The van der Waals surface area contributed by atoms with Crippen molar-refractivity contribution in [2.75, 3.05) is 0 Å². The van der Waals surface area contributed by atoms with Crippen LogP contribution in [0.15, 0.2) is 0 Å². The van der Waals surface area contributed by atoms with Gasteiger partial charge in [0.05, 0.1) is 11.7 Å². The minimum absolute atomic E-state index is 0.0178. The first-order valence-corrected chi connectivity index (χ1v) is 5.20. The number of hydrogen-bond donors (Lipinski definition) is 0. The predicted octanol–water partition coefficient (Wildman–Crippen LogP) is 1.88. The van der Waals surface area contributed by atoms with E-state index in [2.05, 4.69) is 27.7 Å². The highest BCUT2D eigenvalue weighted by atomic mass is 16.6. The van der Waals surface area contributed by atoms with Crippen molar-refractivity contribution < 1.29 is 9.31 Å². The van der Waals surface area contributed by atoms with Crippen molar-refractivity contribution >= 4 is 7.69 Å². The van der Waals surface area contributed by atoms with Gasteiger partial charge in [-0.2, -0.15) is 0 Å². The highest BCUT2D eigenvalue weighted by Crippen LogP contribution is 2.49. The Morgan fingerprint density at radius 1 is 1.31 bits per heavy atom. The standard InChI is InChI=1S/C10H19BO2/c1-7-5-8-10(4,13-11-12-8)6-9(7,2)3/h7-8,11H,5-6H2,1-4H3/t7-,8+,10-/m0/s1. The average molecular weight is 182 g/mol. The molecular weight excluding hydrogens is 163 g/mol. The Kier molecular flexibility index (Phi) is 2.01. The summed E-state index contributed by atoms with van der Waals surface area (Å²) in [7, 11) is 0.490. The average Bonchev–Trinajstić information content (AvgIpc) is 2.30. The van der Waals surface area contributed by atoms with Crippen LogP contribution in [-0.2, 0) is 9.31 Å². The van der Waals surface area contributed by atoms with Gasteiger partial charge in [0.2, 0.25) is 0 Å². The van der Waals surface area contributed by atoms with Crippen LogP contribution in [0.5, 0.6) is 0 Å². The van der Waals surface area contributed by atoms with Crippen molar-refractivity contribution in [2.24, 2.45) is 11.3 Å². The van der Waals surface area contributed by atoms with E-state index in [9.17, 15) is 0 Å². The van der Waals surface area contributed by atoms with Crippen LogP contribution in [-0.4, -0.2) is 19.4 Å². The van der Waals surface area contributed by atoms with Crippen LogP contribution in [0.1, 0.15) is 40.5 Å². The van der Waals surface area contributed by atoms with Gasteiger partial charge in [-0.3, -0.25) is 0 Å². The van der Waals surface area contributed by atoms with Gasteiger partial charge in [-0.15, -0.1) is 0 Å². The van der Waals surface area contributed by atoms with Crippen molar-refractivity contribution in [1.29, 1.82) is 0 Å². The summed E-state index contributed by atoms with van der Waals surface area (Å²) in [6.07, 6.45) is 2.59. The van der Waals surface area contributed by atoms with Crippen LogP contribution in [0.2, 0.25) is 0 Å². The van der Waals surface area contributed by atoms with Crippen LogP contribution in [0.4, 0.5) is 0 Å². The molecule has 0 spiro atoms. The molecule has 0 bridgehead atoms. The maximum absolute atomic E-state index is 5.71. The molecule has 0 aromatic heterocycles. The van der Waals surface area contributed by atoms with Crippen molar-refractivity contribution in [3.63, 3.8) is 0 Å². The minimum Gasteiger partial charge on any atom is -0.408 e. The predicted molar refractivity (Wildman–Crippen MR) is 53.7 cm³/mol. The second-order valence-electron chi connectivity index (χ2n) is 5.53. The fraction of sp³-hybridized carbons (Fsp3) is 1.00. The van der Waals surface area contributed by atoms with Gasteiger partial charge in [0.15, 0.2) is 0 Å². The molecule has 2 aliphatic rings. The summed E-state index contributed by atoms with van der Waals surface area (Å²) in [5.41, 5.74) is 0.370. The molecule has 0 radical (unpaired) electrons. The topological polar surface area (TPSA) is 18.5 Å². The van der Waals surface area contributed by atoms with Crippen molar-refractivity contribution in [3.05, 3.63) is 0 Å². The van der Waals surface area contributed by atoms with Gasteiger partial charge in [-0.1, -0.05) is 20.8 Å². The van der Waals surface area contributed by atoms with Gasteiger partial charge in [0.1, 0.15) is 0 Å². The van der Waals surface area contributed by atoms with Gasteiger partial charge in [-0.05, 0) is 31.1 Å². The molecule has 3 atom stereocenters. The lowest BCUT2D eigenvalue weighted by Crippen LogP contribution is -2.49. The summed E-state index contributed by atoms with van der Waals surface area (Å²) in [6.45, 7) is 9.18. The SMILES string of the molecule is C[C@H]1C[C@H]2OBO[C@@]2(C)CC1(C)C. The van der Waals surface area contributed by atoms with E-state index in [4.69, 9.17) is 9.31 Å². The van der Waals surface area contributed by atoms with E-state index in [-0.39, 0.29) is 5.60 Å². The molecule has 0 N–H and O–H groups in total. The third kappa shape index (κ3) is 1.42. The van der Waals surface area contributed by atoms with E-state index in [1.165, 1.54) is 0 Å². The summed E-state index contributed by atoms with van der Waals surface area (Å²) in [6, 6.07) is 0. The van der Waals surface area contributed by atoms with E-state index < -0.39 is 0 Å². The largest absolute Gasteiger partial charge is 0.438 e. The van der Waals surface area contributed by atoms with Gasteiger partial charge < -0.3 is 9.31 Å². The molecular formula is C10H19BO2. The van der Waals surface area contributed by atoms with Crippen LogP contribution >= 0.6 is 0 Å². The first-order valence-electron chi connectivity index (χ1n) is 5.20. The summed E-state index contributed by atoms with van der Waals surface area (Å²) in [4.78, 5) is 0. The molecule has 1 saturated carbocycles. The van der Waals surface area contributed by atoms with Crippen LogP contribution < -0.4 is 0 Å². The summed E-state index contributed by atoms with van der Waals surface area (Å²) in [5.74, 6) is 0.729. The lowest BCUT2D eigenvalue weighted by Gasteiger charge is -2.47. The Morgan fingerprint density at radius 2 is 2.00 bits per heavy atom. The molecule has 2 rings (SSSR count). The Labute approximate surface area is 81.3 Å². The molecule has 2 nitrogen and oxygen atoms in total. The molecule has 1 heterocycles. The van der Waals surface area contributed by atoms with Crippen molar-refractivity contribution in [3.8, 4) is 0 Å². The van der Waals surface area contributed by atoms with E-state index in [1.807, 2.05) is 0 Å². The zero-order valence-electron chi connectivity index (χ0n) is 9.09. The fourth-order valence-electron chi connectivity index (χ4n) is 2.72. The van der Waals surface area contributed by atoms with Crippen molar-refractivity contribution in [2.45, 2.75) is 52.2 Å². The number of rotatable bonds is 0. The van der Waals surface area contributed by atoms with Crippen molar-refractivity contribution in [1.82, 2.24) is 0 Å². The van der Waals surface area contributed by atoms with Gasteiger partial charge >= 0.3 is 7.69 Å². The molecule has 3 heteroatoms. The van der Waals surface area contributed by atoms with E-state index in [0.29, 0.717) is 19.2 Å². The molecule has 1 aliphatic carbocycles. The monoisotopic (exact) mass is 182 g/mol. The Bertz CT molecular complexity index is 217. The van der Waals surface area contributed by atoms with E-state index >= 15 is 0 Å². The summed E-state index contributed by atoms with van der Waals surface area (Å²) in [5, 5.41) is 0. The summed E-state index contributed by atoms with van der Waals surface area (Å²) >= 11 is 0. The smallest absolute Gasteiger partial charge is 0.408 e. The fourth-order valence-corrected chi connectivity index (χ4v) is 2.72. The molecule has 1 saturated heterocycles. The highest BCUT2D eigenvalue weighted by Gasteiger charge is 2.51.